The molecule has 10 heteroatoms. The van der Waals surface area contributed by atoms with Crippen LogP contribution < -0.4 is 0 Å². The fraction of sp³-hybridized carbons (Fsp3) is 0.250. The van der Waals surface area contributed by atoms with Crippen LogP contribution in [0, 0.1) is 35.8 Å². The second kappa shape index (κ2) is 7.84. The molecule has 162 valence electrons. The predicted molar refractivity (Wildman–Crippen MR) is 142 cm³/mol. The van der Waals surface area contributed by atoms with E-state index >= 15 is 0 Å². The summed E-state index contributed by atoms with van der Waals surface area (Å²) in [5.74, 6) is -0.246. The summed E-state index contributed by atoms with van der Waals surface area (Å²) in [5, 5.41) is 19.0. The first-order valence-electron chi connectivity index (χ1n) is 10.5. The Hall–Kier alpha value is -3.38. The van der Waals surface area contributed by atoms with Crippen molar-refractivity contribution in [2.24, 2.45) is 9.98 Å². The molecule has 0 saturated heterocycles. The van der Waals surface area contributed by atoms with E-state index in [0.717, 1.165) is 40.8 Å². The average Bonchev–Trinajstić information content (AvgIpc) is 3.62. The zero-order valence-electron chi connectivity index (χ0n) is 17.5. The second-order valence-corrected chi connectivity index (χ2v) is 12.3. The van der Waals surface area contributed by atoms with E-state index in [9.17, 15) is 5.26 Å². The zero-order chi connectivity index (χ0) is 23.4. The molecule has 0 atom stereocenters. The van der Waals surface area contributed by atoms with Crippen molar-refractivity contribution in [2.45, 2.75) is 37.5 Å². The molecule has 0 aromatic carbocycles. The van der Waals surface area contributed by atoms with Gasteiger partial charge in [-0.05, 0) is 12.8 Å². The molecule has 2 aliphatic rings. The first kappa shape index (κ1) is 21.2. The summed E-state index contributed by atoms with van der Waals surface area (Å²) in [6.07, 6.45) is 7.52. The first-order chi connectivity index (χ1) is 16.6. The summed E-state index contributed by atoms with van der Waals surface area (Å²) >= 11 is 6.86. The third-order valence-corrected chi connectivity index (χ3v) is 11.6. The van der Waals surface area contributed by atoms with E-state index in [1.54, 1.807) is 34.0 Å². The van der Waals surface area contributed by atoms with Crippen LogP contribution in [0.5, 0.6) is 0 Å². The molecule has 0 radical (unpaired) electrons. The van der Waals surface area contributed by atoms with Crippen molar-refractivity contribution in [1.82, 2.24) is 0 Å². The Labute approximate surface area is 210 Å². The molecule has 1 spiro atoms. The standard InChI is InChI=1S/C24H12N6S4/c1-27-15(10-25)29-14-8-12-18(24(14)6-4-3-5-7-24)20-22(31-12)23-21(34-20)19-13(32-23)9-17(33-19)30-16(11-26)28-2/h8-9H,3-7H2/b29-15?,30-16-. The van der Waals surface area contributed by atoms with Gasteiger partial charge in [0, 0.05) is 22.6 Å². The van der Waals surface area contributed by atoms with Crippen LogP contribution in [0.4, 0.5) is 5.00 Å². The Balaban J connectivity index is 1.55. The lowest BCUT2D eigenvalue weighted by Gasteiger charge is -2.33. The molecule has 1 saturated carbocycles. The quantitative estimate of drug-likeness (QED) is 0.154. The Bertz CT molecular complexity index is 1750. The normalized spacial score (nSPS) is 17.5. The predicted octanol–water partition coefficient (Wildman–Crippen LogP) is 8.26. The highest BCUT2D eigenvalue weighted by Crippen LogP contribution is 2.60. The van der Waals surface area contributed by atoms with Crippen LogP contribution in [0.3, 0.4) is 0 Å². The number of amidine groups is 2. The number of nitrogens with zero attached hydrogens (tertiary/aromatic N) is 6. The third-order valence-electron chi connectivity index (χ3n) is 6.41. The number of hydrogen-bond acceptors (Lipinski definition) is 8. The van der Waals surface area contributed by atoms with Crippen molar-refractivity contribution in [1.29, 1.82) is 10.5 Å². The number of fused-ring (bicyclic) bond motifs is 8. The smallest absolute Gasteiger partial charge is 0.350 e. The van der Waals surface area contributed by atoms with Gasteiger partial charge >= 0.3 is 11.7 Å². The van der Waals surface area contributed by atoms with Crippen LogP contribution in [0.15, 0.2) is 21.7 Å². The van der Waals surface area contributed by atoms with E-state index in [-0.39, 0.29) is 17.1 Å². The summed E-state index contributed by atoms with van der Waals surface area (Å²) in [6.45, 7) is 14.4. The van der Waals surface area contributed by atoms with Crippen LogP contribution >= 0.6 is 45.3 Å². The molecule has 0 bridgehead atoms. The molecule has 34 heavy (non-hydrogen) atoms. The minimum absolute atomic E-state index is 0.0979. The van der Waals surface area contributed by atoms with Crippen LogP contribution in [-0.4, -0.2) is 11.7 Å². The number of rotatable bonds is 2. The third kappa shape index (κ3) is 2.91. The summed E-state index contributed by atoms with van der Waals surface area (Å²) in [7, 11) is 0. The number of thiophene rings is 4. The highest BCUT2D eigenvalue weighted by atomic mass is 32.1. The lowest BCUT2D eigenvalue weighted by Crippen LogP contribution is -2.28. The van der Waals surface area contributed by atoms with Crippen LogP contribution in [0.25, 0.3) is 44.0 Å². The van der Waals surface area contributed by atoms with Crippen LogP contribution in [0.2, 0.25) is 0 Å². The Morgan fingerprint density at radius 3 is 2.24 bits per heavy atom. The molecule has 6 rings (SSSR count). The Morgan fingerprint density at radius 1 is 0.853 bits per heavy atom. The molecule has 0 N–H and O–H groups in total. The molecule has 4 aromatic rings. The van der Waals surface area contributed by atoms with Crippen molar-refractivity contribution in [3.63, 3.8) is 0 Å². The van der Waals surface area contributed by atoms with Gasteiger partial charge in [0.05, 0.1) is 33.6 Å². The lowest BCUT2D eigenvalue weighted by molar-refractivity contribution is 0.346. The number of hydrogen-bond donors (Lipinski definition) is 0. The van der Waals surface area contributed by atoms with E-state index in [1.807, 2.05) is 18.2 Å². The van der Waals surface area contributed by atoms with Crippen LogP contribution in [-0.2, 0) is 5.41 Å². The maximum atomic E-state index is 9.31. The maximum absolute atomic E-state index is 9.31. The van der Waals surface area contributed by atoms with Gasteiger partial charge < -0.3 is 9.69 Å². The SMILES string of the molecule is [C-]#[N+]C(C#N)=NC1=Cc2sc3c(sc4c5sc(/N=C(/C#N)[N+]#[C-])cc5sc34)c2C12CCCCC2. The van der Waals surface area contributed by atoms with Gasteiger partial charge in [-0.25, -0.2) is 10.5 Å². The molecule has 0 amide bonds. The summed E-state index contributed by atoms with van der Waals surface area (Å²) < 4.78 is 7.41. The van der Waals surface area contributed by atoms with Crippen molar-refractivity contribution < 1.29 is 0 Å². The Morgan fingerprint density at radius 2 is 1.53 bits per heavy atom. The number of nitriles is 2. The minimum atomic E-state index is -0.215. The van der Waals surface area contributed by atoms with Crippen molar-refractivity contribution in [3.05, 3.63) is 45.0 Å². The van der Waals surface area contributed by atoms with Crippen molar-refractivity contribution >= 4 is 96.3 Å². The van der Waals surface area contributed by atoms with Crippen molar-refractivity contribution in [3.8, 4) is 12.1 Å². The molecular weight excluding hydrogens is 501 g/mol. The fourth-order valence-electron chi connectivity index (χ4n) is 5.05. The zero-order valence-corrected chi connectivity index (χ0v) is 20.8. The molecular formula is C24H12N6S4. The molecule has 6 nitrogen and oxygen atoms in total. The van der Waals surface area contributed by atoms with E-state index in [0.29, 0.717) is 5.00 Å². The van der Waals surface area contributed by atoms with Gasteiger partial charge in [0.15, 0.2) is 0 Å². The van der Waals surface area contributed by atoms with E-state index < -0.39 is 0 Å². The van der Waals surface area contributed by atoms with E-state index in [1.165, 1.54) is 47.0 Å². The van der Waals surface area contributed by atoms with Gasteiger partial charge in [-0.3, -0.25) is 0 Å². The topological polar surface area (TPSA) is 81.0 Å². The first-order valence-corrected chi connectivity index (χ1v) is 13.7. The highest BCUT2D eigenvalue weighted by Gasteiger charge is 2.48. The molecule has 4 aromatic heterocycles. The largest absolute Gasteiger partial charge is 0.351 e. The molecule has 0 unspecified atom stereocenters. The van der Waals surface area contributed by atoms with Crippen LogP contribution in [0.1, 0.15) is 42.5 Å². The van der Waals surface area contributed by atoms with Gasteiger partial charge in [-0.1, -0.05) is 48.7 Å². The average molecular weight is 513 g/mol. The molecule has 0 aliphatic heterocycles. The van der Waals surface area contributed by atoms with Gasteiger partial charge in [0.25, 0.3) is 0 Å². The monoisotopic (exact) mass is 512 g/mol. The minimum Gasteiger partial charge on any atom is -0.351 e. The van der Waals surface area contributed by atoms with Gasteiger partial charge in [0.2, 0.25) is 5.00 Å². The maximum Gasteiger partial charge on any atom is 0.350 e. The number of aliphatic imine (C=N–C) groups is 2. The lowest BCUT2D eigenvalue weighted by atomic mass is 9.70. The van der Waals surface area contributed by atoms with Crippen molar-refractivity contribution in [2.75, 3.05) is 0 Å². The summed E-state index contributed by atoms with van der Waals surface area (Å²) in [4.78, 5) is 16.4. The fourth-order valence-corrected chi connectivity index (χ4v) is 10.9. The summed E-state index contributed by atoms with van der Waals surface area (Å²) in [5.41, 5.74) is 2.00. The van der Waals surface area contributed by atoms with Gasteiger partial charge in [-0.15, -0.1) is 39.0 Å². The molecule has 2 aliphatic carbocycles. The molecule has 1 fully saturated rings. The van der Waals surface area contributed by atoms with E-state index in [2.05, 4.69) is 25.8 Å². The number of allylic oxidation sites excluding steroid dienone is 1. The summed E-state index contributed by atoms with van der Waals surface area (Å²) in [6, 6.07) is 5.74. The highest BCUT2D eigenvalue weighted by molar-refractivity contribution is 7.45. The second-order valence-electron chi connectivity index (χ2n) is 8.13. The Kier molecular flexibility index (Phi) is 4.88. The van der Waals surface area contributed by atoms with Gasteiger partial charge in [-0.2, -0.15) is 0 Å². The molecule has 4 heterocycles. The van der Waals surface area contributed by atoms with Gasteiger partial charge in [0.1, 0.15) is 17.8 Å². The van der Waals surface area contributed by atoms with E-state index in [4.69, 9.17) is 18.4 Å².